The van der Waals surface area contributed by atoms with E-state index in [1.807, 2.05) is 18.2 Å². The van der Waals surface area contributed by atoms with Crippen molar-refractivity contribution >= 4 is 0 Å². The van der Waals surface area contributed by atoms with Crippen LogP contribution in [0.5, 0.6) is 0 Å². The molecule has 3 nitrogen and oxygen atoms in total. The summed E-state index contributed by atoms with van der Waals surface area (Å²) in [7, 11) is 0. The third-order valence-corrected chi connectivity index (χ3v) is 3.19. The molecule has 1 heterocycles. The number of hydrogen-bond acceptors (Lipinski definition) is 3. The Kier molecular flexibility index (Phi) is 4.56. The summed E-state index contributed by atoms with van der Waals surface area (Å²) >= 11 is 0. The van der Waals surface area contributed by atoms with Gasteiger partial charge >= 0.3 is 0 Å². The van der Waals surface area contributed by atoms with Gasteiger partial charge in [0, 0.05) is 12.6 Å². The Morgan fingerprint density at radius 1 is 1.17 bits per heavy atom. The van der Waals surface area contributed by atoms with Gasteiger partial charge < -0.3 is 10.2 Å². The van der Waals surface area contributed by atoms with Gasteiger partial charge in [-0.15, -0.1) is 0 Å². The zero-order valence-corrected chi connectivity index (χ0v) is 10.8. The number of likely N-dealkylation sites (N-methyl/N-ethyl adjacent to an activating group) is 1. The Hall–Kier alpha value is -1.58. The summed E-state index contributed by atoms with van der Waals surface area (Å²) in [5, 5.41) is 0. The predicted octanol–water partition coefficient (Wildman–Crippen LogP) is 2.80. The molecule has 2 rings (SSSR count). The van der Waals surface area contributed by atoms with Crippen LogP contribution < -0.4 is 5.73 Å². The third kappa shape index (κ3) is 3.00. The zero-order valence-electron chi connectivity index (χ0n) is 10.8. The van der Waals surface area contributed by atoms with E-state index in [-0.39, 0.29) is 6.04 Å². The Morgan fingerprint density at radius 2 is 1.94 bits per heavy atom. The highest BCUT2D eigenvalue weighted by Gasteiger charge is 2.18. The minimum atomic E-state index is 0.237. The van der Waals surface area contributed by atoms with E-state index in [1.165, 1.54) is 5.56 Å². The Bertz CT molecular complexity index is 439. The van der Waals surface area contributed by atoms with Crippen molar-refractivity contribution in [2.75, 3.05) is 13.1 Å². The van der Waals surface area contributed by atoms with Gasteiger partial charge in [0.05, 0.1) is 12.8 Å². The number of nitrogens with zero attached hydrogens (tertiary/aromatic N) is 1. The molecule has 1 aromatic heterocycles. The van der Waals surface area contributed by atoms with Gasteiger partial charge in [0.25, 0.3) is 0 Å². The highest BCUT2D eigenvalue weighted by molar-refractivity contribution is 5.19. The fourth-order valence-corrected chi connectivity index (χ4v) is 2.22. The summed E-state index contributed by atoms with van der Waals surface area (Å²) in [6.45, 7) is 4.49. The Balaban J connectivity index is 2.14. The molecule has 1 unspecified atom stereocenters. The molecule has 1 atom stereocenters. The second-order valence-corrected chi connectivity index (χ2v) is 4.30. The lowest BCUT2D eigenvalue weighted by molar-refractivity contribution is 0.188. The fraction of sp³-hybridized carbons (Fsp3) is 0.333. The van der Waals surface area contributed by atoms with E-state index in [2.05, 4.69) is 36.1 Å². The molecule has 0 saturated carbocycles. The van der Waals surface area contributed by atoms with Crippen LogP contribution in [0.15, 0.2) is 53.1 Å². The lowest BCUT2D eigenvalue weighted by Crippen LogP contribution is -2.33. The molecule has 2 N–H and O–H groups in total. The molecule has 0 bridgehead atoms. The van der Waals surface area contributed by atoms with Crippen molar-refractivity contribution < 1.29 is 4.42 Å². The van der Waals surface area contributed by atoms with Gasteiger partial charge in [-0.1, -0.05) is 37.3 Å². The van der Waals surface area contributed by atoms with Crippen LogP contribution in [0.2, 0.25) is 0 Å². The van der Waals surface area contributed by atoms with Crippen LogP contribution >= 0.6 is 0 Å². The van der Waals surface area contributed by atoms with Gasteiger partial charge in [-0.05, 0) is 24.2 Å². The molecule has 96 valence electrons. The van der Waals surface area contributed by atoms with Crippen LogP contribution in [0.3, 0.4) is 0 Å². The molecular formula is C15H20N2O. The first-order valence-corrected chi connectivity index (χ1v) is 6.36. The van der Waals surface area contributed by atoms with E-state index < -0.39 is 0 Å². The zero-order chi connectivity index (χ0) is 12.8. The Labute approximate surface area is 108 Å². The largest absolute Gasteiger partial charge is 0.468 e. The van der Waals surface area contributed by atoms with Crippen LogP contribution in [0.4, 0.5) is 0 Å². The number of furan rings is 1. The first-order chi connectivity index (χ1) is 8.85. The van der Waals surface area contributed by atoms with Crippen molar-refractivity contribution in [3.63, 3.8) is 0 Å². The lowest BCUT2D eigenvalue weighted by atomic mass is 10.1. The maximum absolute atomic E-state index is 5.94. The van der Waals surface area contributed by atoms with Crippen molar-refractivity contribution in [2.45, 2.75) is 19.5 Å². The molecule has 0 aliphatic heterocycles. The summed E-state index contributed by atoms with van der Waals surface area (Å²) in [6, 6.07) is 14.5. The molecule has 1 aromatic carbocycles. The summed E-state index contributed by atoms with van der Waals surface area (Å²) in [5.74, 6) is 0.978. The van der Waals surface area contributed by atoms with Crippen molar-refractivity contribution in [1.29, 1.82) is 0 Å². The topological polar surface area (TPSA) is 42.4 Å². The highest BCUT2D eigenvalue weighted by atomic mass is 16.3. The van der Waals surface area contributed by atoms with E-state index in [9.17, 15) is 0 Å². The standard InChI is InChI=1S/C15H20N2O/c1-2-17(12-14-9-6-10-18-14)15(11-16)13-7-4-3-5-8-13/h3-10,15H,2,11-12,16H2,1H3. The van der Waals surface area contributed by atoms with E-state index >= 15 is 0 Å². The number of hydrogen-bond donors (Lipinski definition) is 1. The molecular weight excluding hydrogens is 224 g/mol. The normalized spacial score (nSPS) is 12.8. The maximum Gasteiger partial charge on any atom is 0.117 e. The SMILES string of the molecule is CCN(Cc1ccco1)C(CN)c1ccccc1. The number of nitrogens with two attached hydrogens (primary N) is 1. The van der Waals surface area contributed by atoms with Gasteiger partial charge in [-0.2, -0.15) is 0 Å². The molecule has 18 heavy (non-hydrogen) atoms. The van der Waals surface area contributed by atoms with E-state index in [0.717, 1.165) is 18.8 Å². The van der Waals surface area contributed by atoms with Gasteiger partial charge in [-0.3, -0.25) is 4.90 Å². The molecule has 0 spiro atoms. The molecule has 0 amide bonds. The molecule has 0 aliphatic rings. The first kappa shape index (κ1) is 12.9. The molecule has 0 radical (unpaired) electrons. The van der Waals surface area contributed by atoms with Crippen molar-refractivity contribution in [1.82, 2.24) is 4.90 Å². The van der Waals surface area contributed by atoms with Gasteiger partial charge in [-0.25, -0.2) is 0 Å². The summed E-state index contributed by atoms with van der Waals surface area (Å²) in [5.41, 5.74) is 7.20. The highest BCUT2D eigenvalue weighted by Crippen LogP contribution is 2.21. The average Bonchev–Trinajstić information content (AvgIpc) is 2.92. The predicted molar refractivity (Wildman–Crippen MR) is 73.0 cm³/mol. The van der Waals surface area contributed by atoms with Crippen molar-refractivity contribution in [2.24, 2.45) is 5.73 Å². The van der Waals surface area contributed by atoms with Crippen molar-refractivity contribution in [3.8, 4) is 0 Å². The third-order valence-electron chi connectivity index (χ3n) is 3.19. The van der Waals surface area contributed by atoms with E-state index in [0.29, 0.717) is 6.54 Å². The van der Waals surface area contributed by atoms with Crippen LogP contribution in [0, 0.1) is 0 Å². The second-order valence-electron chi connectivity index (χ2n) is 4.30. The van der Waals surface area contributed by atoms with Crippen molar-refractivity contribution in [3.05, 3.63) is 60.1 Å². The summed E-state index contributed by atoms with van der Waals surface area (Å²) in [6.07, 6.45) is 1.71. The molecule has 0 saturated heterocycles. The van der Waals surface area contributed by atoms with Crippen LogP contribution in [0.25, 0.3) is 0 Å². The average molecular weight is 244 g/mol. The van der Waals surface area contributed by atoms with Crippen LogP contribution in [-0.2, 0) is 6.54 Å². The minimum absolute atomic E-state index is 0.237. The Morgan fingerprint density at radius 3 is 2.50 bits per heavy atom. The monoisotopic (exact) mass is 244 g/mol. The lowest BCUT2D eigenvalue weighted by Gasteiger charge is -2.29. The van der Waals surface area contributed by atoms with Gasteiger partial charge in [0.15, 0.2) is 0 Å². The minimum Gasteiger partial charge on any atom is -0.468 e. The fourth-order valence-electron chi connectivity index (χ4n) is 2.22. The molecule has 0 aliphatic carbocycles. The van der Waals surface area contributed by atoms with Gasteiger partial charge in [0.2, 0.25) is 0 Å². The summed E-state index contributed by atoms with van der Waals surface area (Å²) < 4.78 is 5.41. The smallest absolute Gasteiger partial charge is 0.117 e. The number of benzene rings is 1. The molecule has 3 heteroatoms. The first-order valence-electron chi connectivity index (χ1n) is 6.36. The van der Waals surface area contributed by atoms with Crippen LogP contribution in [-0.4, -0.2) is 18.0 Å². The quantitative estimate of drug-likeness (QED) is 0.849. The molecule has 0 fully saturated rings. The second kappa shape index (κ2) is 6.38. The van der Waals surface area contributed by atoms with Crippen LogP contribution in [0.1, 0.15) is 24.3 Å². The summed E-state index contributed by atoms with van der Waals surface area (Å²) in [4.78, 5) is 2.33. The number of rotatable bonds is 6. The van der Waals surface area contributed by atoms with Gasteiger partial charge in [0.1, 0.15) is 5.76 Å². The maximum atomic E-state index is 5.94. The molecule has 2 aromatic rings. The van der Waals surface area contributed by atoms with E-state index in [4.69, 9.17) is 10.2 Å². The van der Waals surface area contributed by atoms with E-state index in [1.54, 1.807) is 6.26 Å².